The molecule has 0 aliphatic rings. The van der Waals surface area contributed by atoms with E-state index in [1.807, 2.05) is 18.4 Å². The van der Waals surface area contributed by atoms with Crippen molar-refractivity contribution in [3.8, 4) is 5.75 Å². The van der Waals surface area contributed by atoms with Crippen molar-refractivity contribution >= 4 is 33.1 Å². The number of nitrogens with zero attached hydrogens (tertiary/aromatic N) is 1. The smallest absolute Gasteiger partial charge is 0.268 e. The van der Waals surface area contributed by atoms with Crippen molar-refractivity contribution in [2.75, 3.05) is 5.32 Å². The van der Waals surface area contributed by atoms with Crippen LogP contribution in [-0.4, -0.2) is 15.6 Å². The Morgan fingerprint density at radius 3 is 2.58 bits per heavy atom. The van der Waals surface area contributed by atoms with Crippen molar-refractivity contribution in [3.05, 3.63) is 57.2 Å². The van der Waals surface area contributed by atoms with Crippen molar-refractivity contribution < 1.29 is 9.90 Å². The fraction of sp³-hybridized carbons (Fsp3) is 0.300. The van der Waals surface area contributed by atoms with Crippen LogP contribution in [0.15, 0.2) is 40.5 Å². The summed E-state index contributed by atoms with van der Waals surface area (Å²) in [6, 6.07) is 8.92. The summed E-state index contributed by atoms with van der Waals surface area (Å²) < 4.78 is 1.61. The predicted octanol–water partition coefficient (Wildman–Crippen LogP) is 4.38. The molecule has 136 valence electrons. The first-order chi connectivity index (χ1) is 12.6. The van der Waals surface area contributed by atoms with Crippen LogP contribution in [-0.2, 0) is 13.0 Å². The first-order valence-corrected chi connectivity index (χ1v) is 9.68. The van der Waals surface area contributed by atoms with Crippen LogP contribution in [0.3, 0.4) is 0 Å². The van der Waals surface area contributed by atoms with Gasteiger partial charge < -0.3 is 10.4 Å². The molecule has 0 unspecified atom stereocenters. The number of para-hydroxylation sites is 1. The minimum atomic E-state index is -0.584. The molecule has 0 atom stereocenters. The van der Waals surface area contributed by atoms with E-state index in [1.165, 1.54) is 11.3 Å². The number of nitrogens with one attached hydrogen (secondary N) is 1. The third kappa shape index (κ3) is 3.24. The van der Waals surface area contributed by atoms with E-state index < -0.39 is 11.5 Å². The molecule has 0 radical (unpaired) electrons. The number of amides is 1. The SMILES string of the molecule is CCCc1csc2c1c(O)c(C(=O)Nc1ccccc1)c(=O)n2CCC. The zero-order chi connectivity index (χ0) is 18.7. The second-order valence-electron chi connectivity index (χ2n) is 6.19. The highest BCUT2D eigenvalue weighted by Crippen LogP contribution is 2.35. The predicted molar refractivity (Wildman–Crippen MR) is 106 cm³/mol. The number of aromatic nitrogens is 1. The summed E-state index contributed by atoms with van der Waals surface area (Å²) in [6.07, 6.45) is 2.47. The van der Waals surface area contributed by atoms with E-state index in [1.54, 1.807) is 28.8 Å². The van der Waals surface area contributed by atoms with Crippen LogP contribution in [0, 0.1) is 0 Å². The molecule has 1 amide bonds. The summed E-state index contributed by atoms with van der Waals surface area (Å²) in [5.41, 5.74) is 0.918. The largest absolute Gasteiger partial charge is 0.506 e. The molecule has 5 nitrogen and oxygen atoms in total. The molecule has 2 N–H and O–H groups in total. The summed E-state index contributed by atoms with van der Waals surface area (Å²) >= 11 is 1.44. The molecule has 26 heavy (non-hydrogen) atoms. The lowest BCUT2D eigenvalue weighted by Crippen LogP contribution is -2.29. The maximum absolute atomic E-state index is 12.9. The number of benzene rings is 1. The summed E-state index contributed by atoms with van der Waals surface area (Å²) in [4.78, 5) is 26.4. The molecule has 2 aromatic heterocycles. The monoisotopic (exact) mass is 370 g/mol. The van der Waals surface area contributed by atoms with Crippen molar-refractivity contribution in [2.45, 2.75) is 39.7 Å². The highest BCUT2D eigenvalue weighted by atomic mass is 32.1. The Balaban J connectivity index is 2.18. The van der Waals surface area contributed by atoms with E-state index in [0.29, 0.717) is 17.6 Å². The highest BCUT2D eigenvalue weighted by molar-refractivity contribution is 7.17. The Hall–Kier alpha value is -2.60. The lowest BCUT2D eigenvalue weighted by Gasteiger charge is -2.13. The van der Waals surface area contributed by atoms with Crippen LogP contribution in [0.5, 0.6) is 5.75 Å². The van der Waals surface area contributed by atoms with Gasteiger partial charge in [0.25, 0.3) is 11.5 Å². The standard InChI is InChI=1S/C20H22N2O3S/c1-3-8-13-12-26-20-15(13)17(23)16(19(25)22(20)11-4-2)18(24)21-14-9-6-5-7-10-14/h5-7,9-10,12,23H,3-4,8,11H2,1-2H3,(H,21,24). The molecule has 1 aromatic carbocycles. The third-order valence-electron chi connectivity index (χ3n) is 4.25. The van der Waals surface area contributed by atoms with Crippen LogP contribution < -0.4 is 10.9 Å². The Bertz CT molecular complexity index is 990. The molecule has 0 aliphatic heterocycles. The first-order valence-electron chi connectivity index (χ1n) is 8.80. The van der Waals surface area contributed by atoms with Gasteiger partial charge >= 0.3 is 0 Å². The van der Waals surface area contributed by atoms with Crippen molar-refractivity contribution in [1.82, 2.24) is 4.57 Å². The van der Waals surface area contributed by atoms with Gasteiger partial charge in [0.15, 0.2) is 0 Å². The number of hydrogen-bond acceptors (Lipinski definition) is 4. The number of aromatic hydroxyl groups is 1. The maximum Gasteiger partial charge on any atom is 0.268 e. The number of rotatable bonds is 6. The van der Waals surface area contributed by atoms with E-state index in [-0.39, 0.29) is 11.3 Å². The molecule has 3 aromatic rings. The zero-order valence-corrected chi connectivity index (χ0v) is 15.7. The first kappa shape index (κ1) is 18.2. The number of thiophene rings is 1. The van der Waals surface area contributed by atoms with Gasteiger partial charge in [-0.25, -0.2) is 0 Å². The second kappa shape index (κ2) is 7.74. The Morgan fingerprint density at radius 1 is 1.19 bits per heavy atom. The van der Waals surface area contributed by atoms with E-state index >= 15 is 0 Å². The van der Waals surface area contributed by atoms with Gasteiger partial charge in [-0.2, -0.15) is 0 Å². The van der Waals surface area contributed by atoms with Crippen LogP contribution in [0.1, 0.15) is 42.6 Å². The average molecular weight is 370 g/mol. The molecule has 0 fully saturated rings. The van der Waals surface area contributed by atoms with E-state index in [4.69, 9.17) is 0 Å². The van der Waals surface area contributed by atoms with Gasteiger partial charge in [0.05, 0.1) is 5.39 Å². The molecular formula is C20H22N2O3S. The average Bonchev–Trinajstić information content (AvgIpc) is 3.04. The number of carbonyl (C=O) groups is 1. The van der Waals surface area contributed by atoms with Crippen molar-refractivity contribution in [2.24, 2.45) is 0 Å². The molecular weight excluding hydrogens is 348 g/mol. The van der Waals surface area contributed by atoms with Crippen LogP contribution >= 0.6 is 11.3 Å². The molecule has 0 spiro atoms. The summed E-state index contributed by atoms with van der Waals surface area (Å²) in [5.74, 6) is -0.797. The van der Waals surface area contributed by atoms with E-state index in [9.17, 15) is 14.7 Å². The molecule has 3 rings (SSSR count). The number of anilines is 1. The number of pyridine rings is 1. The molecule has 0 saturated heterocycles. The Labute approximate surface area is 155 Å². The lowest BCUT2D eigenvalue weighted by atomic mass is 10.1. The minimum Gasteiger partial charge on any atom is -0.506 e. The zero-order valence-electron chi connectivity index (χ0n) is 14.9. The van der Waals surface area contributed by atoms with E-state index in [2.05, 4.69) is 12.2 Å². The number of hydrogen-bond donors (Lipinski definition) is 2. The van der Waals surface area contributed by atoms with Crippen LogP contribution in [0.2, 0.25) is 0 Å². The Kier molecular flexibility index (Phi) is 5.42. The fourth-order valence-corrected chi connectivity index (χ4v) is 4.22. The summed E-state index contributed by atoms with van der Waals surface area (Å²) in [5, 5.41) is 16.1. The maximum atomic E-state index is 12.9. The van der Waals surface area contributed by atoms with Gasteiger partial charge in [0.2, 0.25) is 0 Å². The molecule has 0 aliphatic carbocycles. The lowest BCUT2D eigenvalue weighted by molar-refractivity contribution is 0.102. The van der Waals surface area contributed by atoms with Crippen molar-refractivity contribution in [1.29, 1.82) is 0 Å². The minimum absolute atomic E-state index is 0.189. The molecule has 0 bridgehead atoms. The number of fused-ring (bicyclic) bond motifs is 1. The van der Waals surface area contributed by atoms with Gasteiger partial charge in [0, 0.05) is 12.2 Å². The summed E-state index contributed by atoms with van der Waals surface area (Å²) in [6.45, 7) is 4.55. The van der Waals surface area contributed by atoms with Gasteiger partial charge in [0.1, 0.15) is 16.1 Å². The molecule has 2 heterocycles. The highest BCUT2D eigenvalue weighted by Gasteiger charge is 2.24. The van der Waals surface area contributed by atoms with Crippen molar-refractivity contribution in [3.63, 3.8) is 0 Å². The van der Waals surface area contributed by atoms with Gasteiger partial charge in [-0.1, -0.05) is 38.5 Å². The van der Waals surface area contributed by atoms with Crippen LogP contribution in [0.4, 0.5) is 5.69 Å². The van der Waals surface area contributed by atoms with Gasteiger partial charge in [-0.15, -0.1) is 11.3 Å². The topological polar surface area (TPSA) is 71.3 Å². The Morgan fingerprint density at radius 2 is 1.92 bits per heavy atom. The quantitative estimate of drug-likeness (QED) is 0.676. The second-order valence-corrected chi connectivity index (χ2v) is 7.05. The van der Waals surface area contributed by atoms with Gasteiger partial charge in [-0.3, -0.25) is 14.2 Å². The van der Waals surface area contributed by atoms with Crippen LogP contribution in [0.25, 0.3) is 10.2 Å². The molecule has 6 heteroatoms. The van der Waals surface area contributed by atoms with Gasteiger partial charge in [-0.05, 0) is 35.9 Å². The fourth-order valence-electron chi connectivity index (χ4n) is 3.09. The van der Waals surface area contributed by atoms with E-state index in [0.717, 1.165) is 29.7 Å². The number of carbonyl (C=O) groups excluding carboxylic acids is 1. The number of aryl methyl sites for hydroxylation is 2. The summed E-state index contributed by atoms with van der Waals surface area (Å²) in [7, 11) is 0. The third-order valence-corrected chi connectivity index (χ3v) is 5.30. The normalized spacial score (nSPS) is 11.0. The molecule has 0 saturated carbocycles.